The number of carbonyl (C=O) groups excluding carboxylic acids is 1. The van der Waals surface area contributed by atoms with Crippen molar-refractivity contribution >= 4 is 11.6 Å². The predicted octanol–water partition coefficient (Wildman–Crippen LogP) is 0.155. The molecular formula is C7H11N3O. The Labute approximate surface area is 65.2 Å². The summed E-state index contributed by atoms with van der Waals surface area (Å²) in [7, 11) is 0. The van der Waals surface area contributed by atoms with E-state index in [4.69, 9.17) is 5.73 Å². The van der Waals surface area contributed by atoms with Crippen molar-refractivity contribution in [1.82, 2.24) is 4.98 Å². The van der Waals surface area contributed by atoms with Crippen molar-refractivity contribution in [2.45, 2.75) is 6.92 Å². The van der Waals surface area contributed by atoms with Crippen LogP contribution in [0.15, 0.2) is 24.5 Å². The van der Waals surface area contributed by atoms with Crippen LogP contribution >= 0.6 is 0 Å². The maximum Gasteiger partial charge on any atom is 0.214 e. The number of carbonyl (C=O) groups is 1. The van der Waals surface area contributed by atoms with Gasteiger partial charge in [-0.25, -0.2) is 0 Å². The minimum atomic E-state index is -0.333. The molecule has 0 aromatic carbocycles. The number of amides is 1. The summed E-state index contributed by atoms with van der Waals surface area (Å²) in [6, 6.07) is 3.60. The highest BCUT2D eigenvalue weighted by molar-refractivity contribution is 5.70. The average Bonchev–Trinajstić information content (AvgIpc) is 1.87. The number of pyridine rings is 1. The SMILES string of the molecule is CC(N)=O.Nc1cccnc1. The minimum Gasteiger partial charge on any atom is -0.397 e. The normalized spacial score (nSPS) is 7.73. The van der Waals surface area contributed by atoms with Crippen LogP contribution in [0.1, 0.15) is 6.92 Å². The molecule has 0 saturated carbocycles. The zero-order valence-corrected chi connectivity index (χ0v) is 6.32. The van der Waals surface area contributed by atoms with Gasteiger partial charge in [0, 0.05) is 19.3 Å². The summed E-state index contributed by atoms with van der Waals surface area (Å²) in [5, 5.41) is 0. The Bertz CT molecular complexity index is 206. The summed E-state index contributed by atoms with van der Waals surface area (Å²) in [6.07, 6.45) is 3.30. The number of primary amides is 1. The molecule has 0 fully saturated rings. The lowest BCUT2D eigenvalue weighted by atomic mass is 10.4. The lowest BCUT2D eigenvalue weighted by molar-refractivity contribution is -0.115. The van der Waals surface area contributed by atoms with E-state index < -0.39 is 0 Å². The first-order valence-corrected chi connectivity index (χ1v) is 3.04. The van der Waals surface area contributed by atoms with Crippen LogP contribution in [-0.2, 0) is 4.79 Å². The number of hydrogen-bond acceptors (Lipinski definition) is 3. The molecule has 0 aliphatic heterocycles. The third-order valence-electron chi connectivity index (χ3n) is 0.684. The van der Waals surface area contributed by atoms with E-state index in [0.717, 1.165) is 0 Å². The highest BCUT2D eigenvalue weighted by atomic mass is 16.1. The van der Waals surface area contributed by atoms with Crippen LogP contribution in [0.5, 0.6) is 0 Å². The van der Waals surface area contributed by atoms with Crippen LogP contribution in [-0.4, -0.2) is 10.9 Å². The van der Waals surface area contributed by atoms with Crippen molar-refractivity contribution in [3.63, 3.8) is 0 Å². The zero-order chi connectivity index (χ0) is 8.69. The minimum absolute atomic E-state index is 0.333. The second-order valence-corrected chi connectivity index (χ2v) is 1.90. The van der Waals surface area contributed by atoms with Crippen molar-refractivity contribution < 1.29 is 4.79 Å². The predicted molar refractivity (Wildman–Crippen MR) is 43.5 cm³/mol. The third-order valence-corrected chi connectivity index (χ3v) is 0.684. The Morgan fingerprint density at radius 3 is 2.36 bits per heavy atom. The lowest BCUT2D eigenvalue weighted by Gasteiger charge is -1.83. The Morgan fingerprint density at radius 2 is 2.18 bits per heavy atom. The van der Waals surface area contributed by atoms with E-state index in [1.807, 2.05) is 0 Å². The fourth-order valence-electron chi connectivity index (χ4n) is 0.376. The summed E-state index contributed by atoms with van der Waals surface area (Å²) in [4.78, 5) is 13.0. The molecule has 0 saturated heterocycles. The summed E-state index contributed by atoms with van der Waals surface area (Å²) >= 11 is 0. The first-order chi connectivity index (χ1) is 5.13. The van der Waals surface area contributed by atoms with Crippen LogP contribution in [0.3, 0.4) is 0 Å². The van der Waals surface area contributed by atoms with Gasteiger partial charge in [-0.1, -0.05) is 0 Å². The molecule has 11 heavy (non-hydrogen) atoms. The van der Waals surface area contributed by atoms with E-state index >= 15 is 0 Å². The quantitative estimate of drug-likeness (QED) is 0.556. The average molecular weight is 153 g/mol. The molecule has 4 nitrogen and oxygen atoms in total. The van der Waals surface area contributed by atoms with Gasteiger partial charge in [-0.05, 0) is 12.1 Å². The van der Waals surface area contributed by atoms with Gasteiger partial charge in [0.2, 0.25) is 5.91 Å². The second-order valence-electron chi connectivity index (χ2n) is 1.90. The van der Waals surface area contributed by atoms with Gasteiger partial charge < -0.3 is 11.5 Å². The molecule has 1 amide bonds. The van der Waals surface area contributed by atoms with Gasteiger partial charge in [-0.3, -0.25) is 9.78 Å². The maximum atomic E-state index is 9.22. The first-order valence-electron chi connectivity index (χ1n) is 3.04. The largest absolute Gasteiger partial charge is 0.397 e. The zero-order valence-electron chi connectivity index (χ0n) is 6.32. The number of anilines is 1. The van der Waals surface area contributed by atoms with Crippen LogP contribution in [0.25, 0.3) is 0 Å². The molecule has 4 N–H and O–H groups in total. The van der Waals surface area contributed by atoms with Crippen molar-refractivity contribution in [2.75, 3.05) is 5.73 Å². The molecule has 0 aliphatic rings. The van der Waals surface area contributed by atoms with Gasteiger partial charge in [0.25, 0.3) is 0 Å². The van der Waals surface area contributed by atoms with E-state index in [-0.39, 0.29) is 5.91 Å². The van der Waals surface area contributed by atoms with Crippen LogP contribution < -0.4 is 11.5 Å². The van der Waals surface area contributed by atoms with Crippen molar-refractivity contribution in [2.24, 2.45) is 5.73 Å². The number of nitrogens with zero attached hydrogens (tertiary/aromatic N) is 1. The topological polar surface area (TPSA) is 82.0 Å². The molecule has 0 radical (unpaired) electrons. The molecule has 0 unspecified atom stereocenters. The molecule has 0 aliphatic carbocycles. The fourth-order valence-corrected chi connectivity index (χ4v) is 0.376. The van der Waals surface area contributed by atoms with E-state index in [1.54, 1.807) is 24.5 Å². The van der Waals surface area contributed by atoms with Gasteiger partial charge >= 0.3 is 0 Å². The Kier molecular flexibility index (Phi) is 4.47. The number of aromatic nitrogens is 1. The van der Waals surface area contributed by atoms with Gasteiger partial charge in [0.1, 0.15) is 0 Å². The summed E-state index contributed by atoms with van der Waals surface area (Å²) in [5.41, 5.74) is 10.5. The van der Waals surface area contributed by atoms with E-state index in [1.165, 1.54) is 6.92 Å². The van der Waals surface area contributed by atoms with Gasteiger partial charge in [0.15, 0.2) is 0 Å². The Morgan fingerprint density at radius 1 is 1.64 bits per heavy atom. The molecule has 1 heterocycles. The Hall–Kier alpha value is -1.58. The smallest absolute Gasteiger partial charge is 0.214 e. The highest BCUT2D eigenvalue weighted by Gasteiger charge is 1.73. The number of rotatable bonds is 0. The first kappa shape index (κ1) is 9.42. The number of nitrogen functional groups attached to an aromatic ring is 1. The molecule has 1 aromatic heterocycles. The molecule has 0 atom stereocenters. The molecule has 60 valence electrons. The van der Waals surface area contributed by atoms with Crippen LogP contribution in [0, 0.1) is 0 Å². The second kappa shape index (κ2) is 5.22. The van der Waals surface area contributed by atoms with Crippen molar-refractivity contribution in [3.8, 4) is 0 Å². The molecule has 1 rings (SSSR count). The fraction of sp³-hybridized carbons (Fsp3) is 0.143. The van der Waals surface area contributed by atoms with Gasteiger partial charge in [0.05, 0.1) is 5.69 Å². The van der Waals surface area contributed by atoms with Crippen LogP contribution in [0.4, 0.5) is 5.69 Å². The van der Waals surface area contributed by atoms with E-state index in [2.05, 4.69) is 10.7 Å². The monoisotopic (exact) mass is 153 g/mol. The summed E-state index contributed by atoms with van der Waals surface area (Å²) < 4.78 is 0. The molecule has 0 spiro atoms. The third kappa shape index (κ3) is 8.42. The standard InChI is InChI=1S/C5H6N2.C2H5NO/c6-5-2-1-3-7-4-5;1-2(3)4/h1-4H,6H2;1H3,(H2,3,4). The lowest BCUT2D eigenvalue weighted by Crippen LogP contribution is -2.01. The number of nitrogens with two attached hydrogens (primary N) is 2. The molecule has 4 heteroatoms. The Balaban J connectivity index is 0.000000218. The summed E-state index contributed by atoms with van der Waals surface area (Å²) in [6.45, 7) is 1.31. The number of hydrogen-bond donors (Lipinski definition) is 2. The van der Waals surface area contributed by atoms with Crippen LogP contribution in [0.2, 0.25) is 0 Å². The van der Waals surface area contributed by atoms with Gasteiger partial charge in [-0.2, -0.15) is 0 Å². The van der Waals surface area contributed by atoms with E-state index in [9.17, 15) is 4.79 Å². The maximum absolute atomic E-state index is 9.22. The highest BCUT2D eigenvalue weighted by Crippen LogP contribution is 1.92. The molecule has 0 bridgehead atoms. The molecule has 1 aromatic rings. The summed E-state index contributed by atoms with van der Waals surface area (Å²) in [5.74, 6) is -0.333. The van der Waals surface area contributed by atoms with Crippen molar-refractivity contribution in [1.29, 1.82) is 0 Å². The van der Waals surface area contributed by atoms with E-state index in [0.29, 0.717) is 5.69 Å². The van der Waals surface area contributed by atoms with Gasteiger partial charge in [-0.15, -0.1) is 0 Å². The molecular weight excluding hydrogens is 142 g/mol. The van der Waals surface area contributed by atoms with Crippen molar-refractivity contribution in [3.05, 3.63) is 24.5 Å².